The maximum absolute atomic E-state index is 12.8. The van der Waals surface area contributed by atoms with E-state index >= 15 is 0 Å². The molecule has 0 aromatic heterocycles. The molecule has 2 aromatic carbocycles. The maximum atomic E-state index is 12.8. The monoisotopic (exact) mass is 382 g/mol. The molecule has 27 heavy (non-hydrogen) atoms. The van der Waals surface area contributed by atoms with Crippen molar-refractivity contribution >= 4 is 17.7 Å². The van der Waals surface area contributed by atoms with Crippen LogP contribution in [0, 0.1) is 0 Å². The summed E-state index contributed by atoms with van der Waals surface area (Å²) in [5.41, 5.74) is 4.69. The van der Waals surface area contributed by atoms with Gasteiger partial charge in [0.15, 0.2) is 0 Å². The van der Waals surface area contributed by atoms with E-state index in [0.717, 1.165) is 62.8 Å². The second kappa shape index (κ2) is 8.36. The lowest BCUT2D eigenvalue weighted by atomic mass is 10.1. The number of benzene rings is 2. The van der Waals surface area contributed by atoms with E-state index in [4.69, 9.17) is 4.74 Å². The molecule has 0 atom stereocenters. The van der Waals surface area contributed by atoms with Crippen LogP contribution in [0.15, 0.2) is 42.5 Å². The average Bonchev–Trinajstić information content (AvgIpc) is 3.16. The number of hydrogen-bond acceptors (Lipinski definition) is 4. The van der Waals surface area contributed by atoms with Gasteiger partial charge in [-0.25, -0.2) is 0 Å². The molecule has 2 aliphatic heterocycles. The minimum atomic E-state index is 0.160. The van der Waals surface area contributed by atoms with Crippen LogP contribution >= 0.6 is 11.8 Å². The van der Waals surface area contributed by atoms with Gasteiger partial charge in [-0.15, -0.1) is 0 Å². The summed E-state index contributed by atoms with van der Waals surface area (Å²) in [6.07, 6.45) is 3.10. The third-order valence-corrected chi connectivity index (χ3v) is 5.93. The van der Waals surface area contributed by atoms with E-state index in [1.54, 1.807) is 11.8 Å². The van der Waals surface area contributed by atoms with Crippen molar-refractivity contribution in [3.8, 4) is 5.75 Å². The Kier molecular flexibility index (Phi) is 5.69. The Labute approximate surface area is 165 Å². The van der Waals surface area contributed by atoms with Gasteiger partial charge in [0, 0.05) is 50.5 Å². The molecule has 4 rings (SSSR count). The smallest absolute Gasteiger partial charge is 0.253 e. The standard InChI is InChI=1S/C22H26N2O2S/c1-27-16-18-3-2-4-20(14-18)22(25)24-10-8-23(9-11-24)15-17-5-6-21-19(13-17)7-12-26-21/h2-6,13-14H,7-12,15-16H2,1H3. The number of amides is 1. The molecule has 2 aromatic rings. The lowest BCUT2D eigenvalue weighted by Crippen LogP contribution is -2.48. The summed E-state index contributed by atoms with van der Waals surface area (Å²) in [5, 5.41) is 0. The molecule has 1 fully saturated rings. The van der Waals surface area contributed by atoms with E-state index < -0.39 is 0 Å². The topological polar surface area (TPSA) is 32.8 Å². The van der Waals surface area contributed by atoms with Gasteiger partial charge in [0.1, 0.15) is 5.75 Å². The van der Waals surface area contributed by atoms with Gasteiger partial charge in [-0.1, -0.05) is 24.3 Å². The molecule has 0 bridgehead atoms. The molecular weight excluding hydrogens is 356 g/mol. The number of piperazine rings is 1. The number of fused-ring (bicyclic) bond motifs is 1. The number of carbonyl (C=O) groups is 1. The van der Waals surface area contributed by atoms with E-state index in [-0.39, 0.29) is 5.91 Å². The fraction of sp³-hybridized carbons (Fsp3) is 0.409. The number of ether oxygens (including phenoxy) is 1. The summed E-state index contributed by atoms with van der Waals surface area (Å²) in [7, 11) is 0. The zero-order chi connectivity index (χ0) is 18.6. The molecule has 1 saturated heterocycles. The summed E-state index contributed by atoms with van der Waals surface area (Å²) >= 11 is 1.78. The Morgan fingerprint density at radius 2 is 1.93 bits per heavy atom. The Bertz CT molecular complexity index is 816. The van der Waals surface area contributed by atoms with E-state index in [9.17, 15) is 4.79 Å². The maximum Gasteiger partial charge on any atom is 0.253 e. The number of carbonyl (C=O) groups excluding carboxylic acids is 1. The largest absolute Gasteiger partial charge is 0.493 e. The minimum Gasteiger partial charge on any atom is -0.493 e. The Balaban J connectivity index is 1.33. The average molecular weight is 383 g/mol. The van der Waals surface area contributed by atoms with E-state index in [1.165, 1.54) is 16.7 Å². The molecule has 0 aliphatic carbocycles. The van der Waals surface area contributed by atoms with E-state index in [0.29, 0.717) is 0 Å². The highest BCUT2D eigenvalue weighted by molar-refractivity contribution is 7.97. The van der Waals surface area contributed by atoms with Gasteiger partial charge in [0.05, 0.1) is 6.61 Å². The second-order valence-electron chi connectivity index (χ2n) is 7.24. The first-order chi connectivity index (χ1) is 13.2. The minimum absolute atomic E-state index is 0.160. The lowest BCUT2D eigenvalue weighted by Gasteiger charge is -2.35. The fourth-order valence-corrected chi connectivity index (χ4v) is 4.36. The number of nitrogens with zero attached hydrogens (tertiary/aromatic N) is 2. The number of thioether (sulfide) groups is 1. The van der Waals surface area contributed by atoms with Crippen molar-refractivity contribution in [1.29, 1.82) is 0 Å². The predicted molar refractivity (Wildman–Crippen MR) is 110 cm³/mol. The molecule has 5 heteroatoms. The Morgan fingerprint density at radius 1 is 1.07 bits per heavy atom. The van der Waals surface area contributed by atoms with Crippen LogP contribution in [0.4, 0.5) is 0 Å². The third-order valence-electron chi connectivity index (χ3n) is 5.30. The third kappa shape index (κ3) is 4.30. The molecule has 2 aliphatic rings. The van der Waals surface area contributed by atoms with Crippen LogP contribution in [0.2, 0.25) is 0 Å². The SMILES string of the molecule is CSCc1cccc(C(=O)N2CCN(Cc3ccc4c(c3)CCO4)CC2)c1. The zero-order valence-electron chi connectivity index (χ0n) is 15.8. The van der Waals surface area contributed by atoms with Crippen molar-refractivity contribution in [3.63, 3.8) is 0 Å². The molecule has 142 valence electrons. The molecule has 2 heterocycles. The van der Waals surface area contributed by atoms with Crippen molar-refractivity contribution < 1.29 is 9.53 Å². The quantitative estimate of drug-likeness (QED) is 0.793. The molecule has 0 unspecified atom stereocenters. The molecule has 0 radical (unpaired) electrons. The normalized spacial score (nSPS) is 16.9. The number of rotatable bonds is 5. The fourth-order valence-electron chi connectivity index (χ4n) is 3.85. The molecule has 4 nitrogen and oxygen atoms in total. The van der Waals surface area contributed by atoms with Crippen LogP contribution in [0.5, 0.6) is 5.75 Å². The van der Waals surface area contributed by atoms with Gasteiger partial charge in [-0.3, -0.25) is 9.69 Å². The van der Waals surface area contributed by atoms with Crippen molar-refractivity contribution in [2.45, 2.75) is 18.7 Å². The van der Waals surface area contributed by atoms with Gasteiger partial charge >= 0.3 is 0 Å². The van der Waals surface area contributed by atoms with E-state index in [2.05, 4.69) is 35.4 Å². The summed E-state index contributed by atoms with van der Waals surface area (Å²) in [4.78, 5) is 17.3. The first-order valence-corrected chi connectivity index (χ1v) is 11.0. The molecule has 0 spiro atoms. The Hall–Kier alpha value is -1.98. The number of hydrogen-bond donors (Lipinski definition) is 0. The van der Waals surface area contributed by atoms with Crippen LogP contribution in [0.3, 0.4) is 0 Å². The van der Waals surface area contributed by atoms with Crippen molar-refractivity contribution in [2.75, 3.05) is 39.0 Å². The van der Waals surface area contributed by atoms with Crippen LogP contribution in [0.1, 0.15) is 27.0 Å². The molecule has 0 saturated carbocycles. The summed E-state index contributed by atoms with van der Waals surface area (Å²) in [6.45, 7) is 5.17. The Morgan fingerprint density at radius 3 is 2.74 bits per heavy atom. The first kappa shape index (κ1) is 18.4. The highest BCUT2D eigenvalue weighted by atomic mass is 32.2. The van der Waals surface area contributed by atoms with Gasteiger partial charge < -0.3 is 9.64 Å². The van der Waals surface area contributed by atoms with Gasteiger partial charge in [-0.05, 0) is 41.1 Å². The van der Waals surface area contributed by atoms with Crippen LogP contribution in [-0.2, 0) is 18.7 Å². The van der Waals surface area contributed by atoms with Crippen molar-refractivity contribution in [1.82, 2.24) is 9.80 Å². The van der Waals surface area contributed by atoms with Gasteiger partial charge in [-0.2, -0.15) is 11.8 Å². The highest BCUT2D eigenvalue weighted by Gasteiger charge is 2.22. The van der Waals surface area contributed by atoms with E-state index in [1.807, 2.05) is 23.1 Å². The summed E-state index contributed by atoms with van der Waals surface area (Å²) in [6, 6.07) is 14.6. The molecular formula is C22H26N2O2S. The molecule has 1 amide bonds. The lowest BCUT2D eigenvalue weighted by molar-refractivity contribution is 0.0628. The summed E-state index contributed by atoms with van der Waals surface area (Å²) < 4.78 is 5.59. The highest BCUT2D eigenvalue weighted by Crippen LogP contribution is 2.26. The summed E-state index contributed by atoms with van der Waals surface area (Å²) in [5.74, 6) is 2.14. The zero-order valence-corrected chi connectivity index (χ0v) is 16.6. The van der Waals surface area contributed by atoms with Crippen LogP contribution < -0.4 is 4.74 Å². The van der Waals surface area contributed by atoms with Crippen LogP contribution in [-0.4, -0.2) is 54.7 Å². The van der Waals surface area contributed by atoms with Gasteiger partial charge in [0.2, 0.25) is 0 Å². The second-order valence-corrected chi connectivity index (χ2v) is 8.11. The first-order valence-electron chi connectivity index (χ1n) is 9.57. The van der Waals surface area contributed by atoms with Crippen molar-refractivity contribution in [3.05, 3.63) is 64.7 Å². The molecule has 0 N–H and O–H groups in total. The van der Waals surface area contributed by atoms with Crippen LogP contribution in [0.25, 0.3) is 0 Å². The van der Waals surface area contributed by atoms with Crippen molar-refractivity contribution in [2.24, 2.45) is 0 Å². The van der Waals surface area contributed by atoms with Gasteiger partial charge in [0.25, 0.3) is 5.91 Å². The predicted octanol–water partition coefficient (Wildman–Crippen LogP) is 3.44.